The standard InChI is InChI=1S/C12H17N3O3S/c1-2-15(7-6-10(16)17)12(18)14-11-13-8-4-3-5-9(8)19-11/h2-7H2,1H3,(H,16,17)(H,13,14,18). The van der Waals surface area contributed by atoms with Crippen LogP contribution in [-0.4, -0.2) is 40.1 Å². The molecule has 2 N–H and O–H groups in total. The Hall–Kier alpha value is -1.63. The minimum atomic E-state index is -0.903. The van der Waals surface area contributed by atoms with Crippen LogP contribution in [0.15, 0.2) is 0 Å². The van der Waals surface area contributed by atoms with Gasteiger partial charge >= 0.3 is 12.0 Å². The van der Waals surface area contributed by atoms with Crippen molar-refractivity contribution in [1.29, 1.82) is 0 Å². The number of carbonyl (C=O) groups excluding carboxylic acids is 1. The summed E-state index contributed by atoms with van der Waals surface area (Å²) < 4.78 is 0. The largest absolute Gasteiger partial charge is 0.481 e. The third-order valence-electron chi connectivity index (χ3n) is 3.07. The molecule has 0 aliphatic heterocycles. The SMILES string of the molecule is CCN(CCC(=O)O)C(=O)Nc1nc2c(s1)CCC2. The highest BCUT2D eigenvalue weighted by Gasteiger charge is 2.19. The van der Waals surface area contributed by atoms with Gasteiger partial charge in [0.15, 0.2) is 5.13 Å². The normalized spacial score (nSPS) is 13.1. The van der Waals surface area contributed by atoms with Crippen molar-refractivity contribution in [2.45, 2.75) is 32.6 Å². The Morgan fingerprint density at radius 3 is 2.89 bits per heavy atom. The molecule has 0 saturated carbocycles. The maximum Gasteiger partial charge on any atom is 0.323 e. The highest BCUT2D eigenvalue weighted by Crippen LogP contribution is 2.30. The molecule has 19 heavy (non-hydrogen) atoms. The number of anilines is 1. The van der Waals surface area contributed by atoms with Crippen molar-refractivity contribution >= 4 is 28.5 Å². The lowest BCUT2D eigenvalue weighted by molar-refractivity contribution is -0.137. The Bertz CT molecular complexity index is 465. The van der Waals surface area contributed by atoms with Crippen LogP contribution < -0.4 is 5.32 Å². The van der Waals surface area contributed by atoms with E-state index in [0.29, 0.717) is 11.7 Å². The van der Waals surface area contributed by atoms with E-state index in [-0.39, 0.29) is 19.0 Å². The zero-order valence-electron chi connectivity index (χ0n) is 10.8. The van der Waals surface area contributed by atoms with Crippen molar-refractivity contribution in [2.24, 2.45) is 0 Å². The molecule has 2 rings (SSSR count). The number of carbonyl (C=O) groups is 2. The minimum Gasteiger partial charge on any atom is -0.481 e. The number of thiazole rings is 1. The number of aliphatic carboxylic acids is 1. The van der Waals surface area contributed by atoms with Crippen molar-refractivity contribution in [1.82, 2.24) is 9.88 Å². The Morgan fingerprint density at radius 1 is 1.47 bits per heavy atom. The summed E-state index contributed by atoms with van der Waals surface area (Å²) in [6, 6.07) is -0.281. The fraction of sp³-hybridized carbons (Fsp3) is 0.583. The molecule has 0 radical (unpaired) electrons. The molecule has 0 aromatic carbocycles. The van der Waals surface area contributed by atoms with E-state index in [1.54, 1.807) is 0 Å². The molecule has 0 unspecified atom stereocenters. The summed E-state index contributed by atoms with van der Waals surface area (Å²) in [5.74, 6) is -0.903. The van der Waals surface area contributed by atoms with E-state index in [1.165, 1.54) is 21.1 Å². The Morgan fingerprint density at radius 2 is 2.26 bits per heavy atom. The molecule has 0 fully saturated rings. The number of aryl methyl sites for hydroxylation is 2. The molecule has 6 nitrogen and oxygen atoms in total. The molecule has 1 heterocycles. The zero-order valence-corrected chi connectivity index (χ0v) is 11.6. The molecular weight excluding hydrogens is 266 g/mol. The predicted molar refractivity (Wildman–Crippen MR) is 72.7 cm³/mol. The number of nitrogens with one attached hydrogen (secondary N) is 1. The lowest BCUT2D eigenvalue weighted by Crippen LogP contribution is -2.36. The van der Waals surface area contributed by atoms with Crippen molar-refractivity contribution in [3.63, 3.8) is 0 Å². The Kier molecular flexibility index (Phi) is 4.36. The highest BCUT2D eigenvalue weighted by molar-refractivity contribution is 7.15. The quantitative estimate of drug-likeness (QED) is 0.865. The number of rotatable bonds is 5. The van der Waals surface area contributed by atoms with Crippen LogP contribution in [0.4, 0.5) is 9.93 Å². The molecule has 0 saturated heterocycles. The molecule has 1 aromatic rings. The molecule has 2 amide bonds. The lowest BCUT2D eigenvalue weighted by Gasteiger charge is -2.19. The van der Waals surface area contributed by atoms with Gasteiger partial charge in [-0.05, 0) is 26.2 Å². The highest BCUT2D eigenvalue weighted by atomic mass is 32.1. The average molecular weight is 283 g/mol. The van der Waals surface area contributed by atoms with Crippen LogP contribution >= 0.6 is 11.3 Å². The number of fused-ring (bicyclic) bond motifs is 1. The Balaban J connectivity index is 1.92. The number of hydrogen-bond donors (Lipinski definition) is 2. The van der Waals surface area contributed by atoms with Gasteiger partial charge in [-0.2, -0.15) is 0 Å². The minimum absolute atomic E-state index is 0.0460. The molecule has 0 bridgehead atoms. The van der Waals surface area contributed by atoms with Crippen LogP contribution in [0.2, 0.25) is 0 Å². The summed E-state index contributed by atoms with van der Waals surface area (Å²) in [7, 11) is 0. The first-order valence-electron chi connectivity index (χ1n) is 6.36. The van der Waals surface area contributed by atoms with Crippen molar-refractivity contribution in [3.8, 4) is 0 Å². The van der Waals surface area contributed by atoms with Gasteiger partial charge in [0.1, 0.15) is 0 Å². The van der Waals surface area contributed by atoms with Crippen LogP contribution in [0.25, 0.3) is 0 Å². The number of urea groups is 1. The fourth-order valence-corrected chi connectivity index (χ4v) is 3.09. The van der Waals surface area contributed by atoms with Crippen molar-refractivity contribution in [2.75, 3.05) is 18.4 Å². The maximum absolute atomic E-state index is 12.0. The summed E-state index contributed by atoms with van der Waals surface area (Å²) in [4.78, 5) is 29.6. The first kappa shape index (κ1) is 13.8. The summed E-state index contributed by atoms with van der Waals surface area (Å²) in [6.45, 7) is 2.51. The van der Waals surface area contributed by atoms with E-state index in [0.717, 1.165) is 25.0 Å². The van der Waals surface area contributed by atoms with E-state index >= 15 is 0 Å². The average Bonchev–Trinajstić information content (AvgIpc) is 2.89. The van der Waals surface area contributed by atoms with Gasteiger partial charge in [0, 0.05) is 18.0 Å². The van der Waals surface area contributed by atoms with Gasteiger partial charge in [0.25, 0.3) is 0 Å². The number of aromatic nitrogens is 1. The Labute approximate surface area is 115 Å². The van der Waals surface area contributed by atoms with Gasteiger partial charge in [-0.15, -0.1) is 11.3 Å². The van der Waals surface area contributed by atoms with E-state index in [9.17, 15) is 9.59 Å². The zero-order chi connectivity index (χ0) is 13.8. The van der Waals surface area contributed by atoms with Crippen LogP contribution in [0.3, 0.4) is 0 Å². The molecule has 1 aromatic heterocycles. The van der Waals surface area contributed by atoms with E-state index in [4.69, 9.17) is 5.11 Å². The van der Waals surface area contributed by atoms with Gasteiger partial charge in [-0.1, -0.05) is 0 Å². The number of hydrogen-bond acceptors (Lipinski definition) is 4. The molecule has 1 aliphatic rings. The monoisotopic (exact) mass is 283 g/mol. The van der Waals surface area contributed by atoms with Crippen LogP contribution in [0.5, 0.6) is 0 Å². The molecule has 104 valence electrons. The van der Waals surface area contributed by atoms with Crippen LogP contribution in [0, 0.1) is 0 Å². The van der Waals surface area contributed by atoms with E-state index in [2.05, 4.69) is 10.3 Å². The maximum atomic E-state index is 12.0. The van der Waals surface area contributed by atoms with Gasteiger partial charge in [-0.25, -0.2) is 9.78 Å². The van der Waals surface area contributed by atoms with Gasteiger partial charge in [0.05, 0.1) is 12.1 Å². The third-order valence-corrected chi connectivity index (χ3v) is 4.15. The van der Waals surface area contributed by atoms with Crippen LogP contribution in [-0.2, 0) is 17.6 Å². The third kappa shape index (κ3) is 3.44. The second-order valence-electron chi connectivity index (χ2n) is 4.40. The number of amides is 2. The molecule has 0 atom stereocenters. The number of carboxylic acid groups (broad SMARTS) is 1. The fourth-order valence-electron chi connectivity index (χ4n) is 2.05. The topological polar surface area (TPSA) is 82.5 Å². The molecule has 1 aliphatic carbocycles. The first-order valence-corrected chi connectivity index (χ1v) is 7.18. The number of carboxylic acids is 1. The lowest BCUT2D eigenvalue weighted by atomic mass is 10.4. The summed E-state index contributed by atoms with van der Waals surface area (Å²) in [5.41, 5.74) is 1.09. The molecule has 0 spiro atoms. The second kappa shape index (κ2) is 6.01. The van der Waals surface area contributed by atoms with E-state index in [1.807, 2.05) is 6.92 Å². The van der Waals surface area contributed by atoms with Crippen LogP contribution in [0.1, 0.15) is 30.3 Å². The summed E-state index contributed by atoms with van der Waals surface area (Å²) >= 11 is 1.52. The van der Waals surface area contributed by atoms with Gasteiger partial charge < -0.3 is 10.0 Å². The van der Waals surface area contributed by atoms with Crippen molar-refractivity contribution in [3.05, 3.63) is 10.6 Å². The predicted octanol–water partition coefficient (Wildman–Crippen LogP) is 1.96. The smallest absolute Gasteiger partial charge is 0.323 e. The van der Waals surface area contributed by atoms with E-state index < -0.39 is 5.97 Å². The second-order valence-corrected chi connectivity index (χ2v) is 5.48. The molecular formula is C12H17N3O3S. The van der Waals surface area contributed by atoms with Crippen molar-refractivity contribution < 1.29 is 14.7 Å². The molecule has 7 heteroatoms. The first-order chi connectivity index (χ1) is 9.10. The van der Waals surface area contributed by atoms with Gasteiger partial charge in [0.2, 0.25) is 0 Å². The number of nitrogens with zero attached hydrogens (tertiary/aromatic N) is 2. The summed E-state index contributed by atoms with van der Waals surface area (Å²) in [6.07, 6.45) is 3.12. The summed E-state index contributed by atoms with van der Waals surface area (Å²) in [5, 5.41) is 12.0. The van der Waals surface area contributed by atoms with Gasteiger partial charge in [-0.3, -0.25) is 10.1 Å².